The first-order valence-corrected chi connectivity index (χ1v) is 6.33. The second-order valence-electron chi connectivity index (χ2n) is 4.92. The van der Waals surface area contributed by atoms with Gasteiger partial charge in [0.1, 0.15) is 0 Å². The second-order valence-corrected chi connectivity index (χ2v) is 4.92. The molecule has 1 aliphatic heterocycles. The van der Waals surface area contributed by atoms with Crippen LogP contribution in [0.3, 0.4) is 0 Å². The minimum absolute atomic E-state index is 0.0662. The Morgan fingerprint density at radius 2 is 2.00 bits per heavy atom. The predicted molar refractivity (Wildman–Crippen MR) is 71.9 cm³/mol. The second kappa shape index (κ2) is 5.40. The van der Waals surface area contributed by atoms with E-state index in [1.807, 2.05) is 25.2 Å². The van der Waals surface area contributed by atoms with Crippen LogP contribution >= 0.6 is 0 Å². The number of nitrogens with zero attached hydrogens (tertiary/aromatic N) is 2. The zero-order chi connectivity index (χ0) is 13.1. The lowest BCUT2D eigenvalue weighted by molar-refractivity contribution is -0.138. The summed E-state index contributed by atoms with van der Waals surface area (Å²) in [4.78, 5) is 15.4. The fourth-order valence-electron chi connectivity index (χ4n) is 2.70. The minimum atomic E-state index is -0.728. The molecule has 1 saturated heterocycles. The van der Waals surface area contributed by atoms with Gasteiger partial charge in [-0.05, 0) is 26.1 Å². The molecular formula is C14H20N2O2. The van der Waals surface area contributed by atoms with Crippen molar-refractivity contribution in [2.24, 2.45) is 0 Å². The van der Waals surface area contributed by atoms with Crippen LogP contribution in [0.15, 0.2) is 30.3 Å². The SMILES string of the molecule is C[C@H]1C(CC(=O)O)N(C)CCN1c1ccccc1. The zero-order valence-electron chi connectivity index (χ0n) is 10.9. The molecule has 0 saturated carbocycles. The Balaban J connectivity index is 2.17. The van der Waals surface area contributed by atoms with Crippen LogP contribution in [0.25, 0.3) is 0 Å². The van der Waals surface area contributed by atoms with Crippen molar-refractivity contribution < 1.29 is 9.90 Å². The number of aliphatic carboxylic acids is 1. The normalized spacial score (nSPS) is 25.1. The lowest BCUT2D eigenvalue weighted by Gasteiger charge is -2.45. The molecule has 0 bridgehead atoms. The van der Waals surface area contributed by atoms with E-state index in [0.29, 0.717) is 0 Å². The van der Waals surface area contributed by atoms with Gasteiger partial charge in [-0.15, -0.1) is 0 Å². The van der Waals surface area contributed by atoms with Gasteiger partial charge in [0.05, 0.1) is 6.42 Å². The molecule has 1 fully saturated rings. The largest absolute Gasteiger partial charge is 0.481 e. The van der Waals surface area contributed by atoms with Crippen LogP contribution in [0.4, 0.5) is 5.69 Å². The monoisotopic (exact) mass is 248 g/mol. The van der Waals surface area contributed by atoms with Gasteiger partial charge in [0.25, 0.3) is 0 Å². The van der Waals surface area contributed by atoms with E-state index in [-0.39, 0.29) is 18.5 Å². The Hall–Kier alpha value is -1.55. The molecule has 0 spiro atoms. The molecule has 1 N–H and O–H groups in total. The van der Waals surface area contributed by atoms with Crippen molar-refractivity contribution in [2.45, 2.75) is 25.4 Å². The first-order valence-electron chi connectivity index (χ1n) is 6.33. The van der Waals surface area contributed by atoms with E-state index in [1.54, 1.807) is 0 Å². The molecule has 2 rings (SSSR count). The molecule has 4 nitrogen and oxygen atoms in total. The number of hydrogen-bond donors (Lipinski definition) is 1. The summed E-state index contributed by atoms with van der Waals surface area (Å²) in [5, 5.41) is 9.01. The molecular weight excluding hydrogens is 228 g/mol. The highest BCUT2D eigenvalue weighted by Crippen LogP contribution is 2.24. The molecule has 1 heterocycles. The zero-order valence-corrected chi connectivity index (χ0v) is 10.9. The van der Waals surface area contributed by atoms with Crippen molar-refractivity contribution in [1.29, 1.82) is 0 Å². The number of carboxylic acids is 1. The molecule has 1 aromatic rings. The van der Waals surface area contributed by atoms with Gasteiger partial charge < -0.3 is 10.0 Å². The van der Waals surface area contributed by atoms with Gasteiger partial charge in [0, 0.05) is 30.9 Å². The Labute approximate surface area is 108 Å². The quantitative estimate of drug-likeness (QED) is 0.883. The summed E-state index contributed by atoms with van der Waals surface area (Å²) in [5.41, 5.74) is 1.17. The summed E-state index contributed by atoms with van der Waals surface area (Å²) in [6.45, 7) is 3.95. The predicted octanol–water partition coefficient (Wildman–Crippen LogP) is 1.67. The third-order valence-electron chi connectivity index (χ3n) is 3.78. The first kappa shape index (κ1) is 12.9. The highest BCUT2D eigenvalue weighted by molar-refractivity contribution is 5.68. The van der Waals surface area contributed by atoms with Gasteiger partial charge in [0.15, 0.2) is 0 Å². The van der Waals surface area contributed by atoms with Crippen LogP contribution in [-0.2, 0) is 4.79 Å². The van der Waals surface area contributed by atoms with Gasteiger partial charge in [-0.1, -0.05) is 18.2 Å². The van der Waals surface area contributed by atoms with Gasteiger partial charge in [0.2, 0.25) is 0 Å². The van der Waals surface area contributed by atoms with Crippen molar-refractivity contribution in [3.05, 3.63) is 30.3 Å². The third kappa shape index (κ3) is 2.64. The molecule has 1 aromatic carbocycles. The fourth-order valence-corrected chi connectivity index (χ4v) is 2.70. The summed E-state index contributed by atoms with van der Waals surface area (Å²) < 4.78 is 0. The highest BCUT2D eigenvalue weighted by atomic mass is 16.4. The van der Waals surface area contributed by atoms with Gasteiger partial charge in [-0.2, -0.15) is 0 Å². The molecule has 4 heteroatoms. The lowest BCUT2D eigenvalue weighted by Crippen LogP contribution is -2.57. The number of carboxylic acid groups (broad SMARTS) is 1. The fraction of sp³-hybridized carbons (Fsp3) is 0.500. The third-order valence-corrected chi connectivity index (χ3v) is 3.78. The molecule has 0 aliphatic carbocycles. The summed E-state index contributed by atoms with van der Waals surface area (Å²) in [6, 6.07) is 10.5. The van der Waals surface area contributed by atoms with Crippen molar-refractivity contribution >= 4 is 11.7 Å². The molecule has 1 aliphatic rings. The molecule has 0 aromatic heterocycles. The lowest BCUT2D eigenvalue weighted by atomic mass is 9.99. The van der Waals surface area contributed by atoms with Crippen molar-refractivity contribution in [3.8, 4) is 0 Å². The molecule has 0 radical (unpaired) electrons. The Morgan fingerprint density at radius 3 is 2.61 bits per heavy atom. The van der Waals surface area contributed by atoms with Crippen LogP contribution in [0.5, 0.6) is 0 Å². The van der Waals surface area contributed by atoms with Gasteiger partial charge >= 0.3 is 5.97 Å². The number of anilines is 1. The molecule has 1 unspecified atom stereocenters. The maximum absolute atomic E-state index is 11.0. The highest BCUT2D eigenvalue weighted by Gasteiger charge is 2.33. The number of para-hydroxylation sites is 1. The molecule has 0 amide bonds. The van der Waals surface area contributed by atoms with E-state index < -0.39 is 5.97 Å². The average molecular weight is 248 g/mol. The minimum Gasteiger partial charge on any atom is -0.481 e. The van der Waals surface area contributed by atoms with E-state index in [9.17, 15) is 4.79 Å². The Morgan fingerprint density at radius 1 is 1.33 bits per heavy atom. The molecule has 2 atom stereocenters. The Bertz CT molecular complexity index is 408. The van der Waals surface area contributed by atoms with Crippen molar-refractivity contribution in [3.63, 3.8) is 0 Å². The van der Waals surface area contributed by atoms with E-state index in [4.69, 9.17) is 5.11 Å². The van der Waals surface area contributed by atoms with Gasteiger partial charge in [-0.3, -0.25) is 9.69 Å². The molecule has 98 valence electrons. The van der Waals surface area contributed by atoms with E-state index in [0.717, 1.165) is 13.1 Å². The standard InChI is InChI=1S/C14H20N2O2/c1-11-13(10-14(17)18)15(2)8-9-16(11)12-6-4-3-5-7-12/h3-7,11,13H,8-10H2,1-2H3,(H,17,18)/t11-,13?/m0/s1. The number of hydrogen-bond acceptors (Lipinski definition) is 3. The topological polar surface area (TPSA) is 43.8 Å². The maximum atomic E-state index is 11.0. The summed E-state index contributed by atoms with van der Waals surface area (Å²) in [7, 11) is 2.01. The van der Waals surface area contributed by atoms with Crippen LogP contribution in [0.1, 0.15) is 13.3 Å². The number of carbonyl (C=O) groups is 1. The van der Waals surface area contributed by atoms with E-state index in [2.05, 4.69) is 28.9 Å². The summed E-state index contributed by atoms with van der Waals surface area (Å²) in [6.07, 6.45) is 0.195. The molecule has 18 heavy (non-hydrogen) atoms. The summed E-state index contributed by atoms with van der Waals surface area (Å²) >= 11 is 0. The van der Waals surface area contributed by atoms with Crippen LogP contribution < -0.4 is 4.90 Å². The van der Waals surface area contributed by atoms with E-state index >= 15 is 0 Å². The smallest absolute Gasteiger partial charge is 0.305 e. The maximum Gasteiger partial charge on any atom is 0.305 e. The van der Waals surface area contributed by atoms with Crippen LogP contribution in [0, 0.1) is 0 Å². The first-order chi connectivity index (χ1) is 8.59. The number of piperazine rings is 1. The number of rotatable bonds is 3. The number of benzene rings is 1. The average Bonchev–Trinajstić information content (AvgIpc) is 2.35. The summed E-state index contributed by atoms with van der Waals surface area (Å²) in [5.74, 6) is -0.728. The van der Waals surface area contributed by atoms with Crippen LogP contribution in [0.2, 0.25) is 0 Å². The van der Waals surface area contributed by atoms with Crippen molar-refractivity contribution in [2.75, 3.05) is 25.0 Å². The number of likely N-dealkylation sites (N-methyl/N-ethyl adjacent to an activating group) is 1. The van der Waals surface area contributed by atoms with Crippen LogP contribution in [-0.4, -0.2) is 48.2 Å². The Kier molecular flexibility index (Phi) is 3.87. The van der Waals surface area contributed by atoms with E-state index in [1.165, 1.54) is 5.69 Å². The van der Waals surface area contributed by atoms with Crippen molar-refractivity contribution in [1.82, 2.24) is 4.90 Å². The van der Waals surface area contributed by atoms with Gasteiger partial charge in [-0.25, -0.2) is 0 Å².